The molecular weight excluding hydrogens is 266 g/mol. The molecule has 0 aliphatic heterocycles. The first-order valence-corrected chi connectivity index (χ1v) is 8.12. The molecule has 0 radical (unpaired) electrons. The molecule has 2 aromatic rings. The molecule has 2 rings (SSSR count). The zero-order valence-corrected chi connectivity index (χ0v) is 14.2. The number of rotatable bonds is 6. The Hall–Kier alpha value is -1.86. The minimum atomic E-state index is 0.514. The van der Waals surface area contributed by atoms with Crippen molar-refractivity contribution in [3.05, 3.63) is 71.8 Å². The molecule has 0 bridgehead atoms. The normalized spacial score (nSPS) is 13.9. The van der Waals surface area contributed by atoms with Crippen LogP contribution in [0.1, 0.15) is 37.8 Å². The van der Waals surface area contributed by atoms with Gasteiger partial charge < -0.3 is 4.90 Å². The Kier molecular flexibility index (Phi) is 5.97. The second-order valence-electron chi connectivity index (χ2n) is 6.06. The van der Waals surface area contributed by atoms with Crippen LogP contribution in [0.2, 0.25) is 0 Å². The standard InChI is InChI=1S/C21H27N/c1-5-20(18-12-8-6-9-13-18)21(16-17(2)22(3)4)19-14-10-7-11-15-19/h6-15,17H,5,16H2,1-4H3/b21-20+/t17-/m0/s1. The fraction of sp³-hybridized carbons (Fsp3) is 0.333. The van der Waals surface area contributed by atoms with Gasteiger partial charge in [0.2, 0.25) is 0 Å². The maximum atomic E-state index is 2.29. The molecule has 0 aliphatic carbocycles. The highest BCUT2D eigenvalue weighted by molar-refractivity contribution is 5.90. The average Bonchev–Trinajstić information content (AvgIpc) is 2.56. The van der Waals surface area contributed by atoms with Gasteiger partial charge in [0.15, 0.2) is 0 Å². The van der Waals surface area contributed by atoms with Crippen LogP contribution < -0.4 is 0 Å². The van der Waals surface area contributed by atoms with E-state index in [4.69, 9.17) is 0 Å². The van der Waals surface area contributed by atoms with Crippen molar-refractivity contribution >= 4 is 11.1 Å². The molecule has 0 spiro atoms. The Morgan fingerprint density at radius 3 is 1.68 bits per heavy atom. The molecule has 1 nitrogen and oxygen atoms in total. The lowest BCUT2D eigenvalue weighted by atomic mass is 9.89. The minimum absolute atomic E-state index is 0.514. The van der Waals surface area contributed by atoms with E-state index in [1.165, 1.54) is 22.3 Å². The van der Waals surface area contributed by atoms with E-state index in [9.17, 15) is 0 Å². The molecule has 2 aromatic carbocycles. The van der Waals surface area contributed by atoms with Crippen LogP contribution in [0.3, 0.4) is 0 Å². The van der Waals surface area contributed by atoms with Gasteiger partial charge in [-0.3, -0.25) is 0 Å². The minimum Gasteiger partial charge on any atom is -0.306 e. The summed E-state index contributed by atoms with van der Waals surface area (Å²) in [6, 6.07) is 22.1. The van der Waals surface area contributed by atoms with Crippen molar-refractivity contribution in [2.24, 2.45) is 0 Å². The van der Waals surface area contributed by atoms with Crippen molar-refractivity contribution < 1.29 is 0 Å². The Labute approximate surface area is 135 Å². The number of hydrogen-bond donors (Lipinski definition) is 0. The van der Waals surface area contributed by atoms with Gasteiger partial charge in [0.25, 0.3) is 0 Å². The van der Waals surface area contributed by atoms with Crippen LogP contribution in [0.25, 0.3) is 11.1 Å². The second-order valence-corrected chi connectivity index (χ2v) is 6.06. The van der Waals surface area contributed by atoms with E-state index < -0.39 is 0 Å². The summed E-state index contributed by atoms with van der Waals surface area (Å²) in [4.78, 5) is 2.29. The maximum absolute atomic E-state index is 2.29. The van der Waals surface area contributed by atoms with E-state index in [0.29, 0.717) is 6.04 Å². The number of nitrogens with zero attached hydrogens (tertiary/aromatic N) is 1. The smallest absolute Gasteiger partial charge is 0.0102 e. The topological polar surface area (TPSA) is 3.24 Å². The van der Waals surface area contributed by atoms with Crippen molar-refractivity contribution in [3.63, 3.8) is 0 Å². The summed E-state index contributed by atoms with van der Waals surface area (Å²) >= 11 is 0. The predicted molar refractivity (Wildman–Crippen MR) is 97.8 cm³/mol. The van der Waals surface area contributed by atoms with Crippen molar-refractivity contribution in [2.45, 2.75) is 32.7 Å². The summed E-state index contributed by atoms with van der Waals surface area (Å²) in [5.74, 6) is 0. The molecule has 0 saturated heterocycles. The molecule has 0 aliphatic rings. The number of hydrogen-bond acceptors (Lipinski definition) is 1. The van der Waals surface area contributed by atoms with E-state index in [1.54, 1.807) is 0 Å². The van der Waals surface area contributed by atoms with Crippen LogP contribution in [-0.4, -0.2) is 25.0 Å². The molecule has 0 heterocycles. The summed E-state index contributed by atoms with van der Waals surface area (Å²) in [5.41, 5.74) is 5.61. The molecule has 0 amide bonds. The largest absolute Gasteiger partial charge is 0.306 e. The van der Waals surface area contributed by atoms with E-state index >= 15 is 0 Å². The lowest BCUT2D eigenvalue weighted by Gasteiger charge is -2.24. The fourth-order valence-corrected chi connectivity index (χ4v) is 2.76. The molecule has 1 atom stereocenters. The first-order valence-electron chi connectivity index (χ1n) is 8.12. The zero-order chi connectivity index (χ0) is 15.9. The maximum Gasteiger partial charge on any atom is 0.0102 e. The van der Waals surface area contributed by atoms with Crippen LogP contribution in [0.15, 0.2) is 60.7 Å². The van der Waals surface area contributed by atoms with Gasteiger partial charge in [0, 0.05) is 6.04 Å². The summed E-state index contributed by atoms with van der Waals surface area (Å²) < 4.78 is 0. The highest BCUT2D eigenvalue weighted by atomic mass is 15.1. The molecule has 116 valence electrons. The third-order valence-corrected chi connectivity index (χ3v) is 4.34. The summed E-state index contributed by atoms with van der Waals surface area (Å²) in [7, 11) is 4.31. The van der Waals surface area contributed by atoms with Gasteiger partial charge in [-0.2, -0.15) is 0 Å². The SMILES string of the molecule is CC/C(=C(/C[C@H](C)N(C)C)c1ccccc1)c1ccccc1. The summed E-state index contributed by atoms with van der Waals surface area (Å²) in [6.45, 7) is 4.55. The Morgan fingerprint density at radius 1 is 0.818 bits per heavy atom. The van der Waals surface area contributed by atoms with E-state index in [2.05, 4.69) is 93.5 Å². The highest BCUT2D eigenvalue weighted by Gasteiger charge is 2.14. The molecule has 1 heteroatoms. The van der Waals surface area contributed by atoms with Gasteiger partial charge >= 0.3 is 0 Å². The van der Waals surface area contributed by atoms with Crippen LogP contribution >= 0.6 is 0 Å². The van der Waals surface area contributed by atoms with Crippen LogP contribution in [-0.2, 0) is 0 Å². The van der Waals surface area contributed by atoms with Gasteiger partial charge in [0.05, 0.1) is 0 Å². The molecule has 0 unspecified atom stereocenters. The van der Waals surface area contributed by atoms with Crippen LogP contribution in [0, 0.1) is 0 Å². The van der Waals surface area contributed by atoms with Crippen LogP contribution in [0.4, 0.5) is 0 Å². The molecule has 0 N–H and O–H groups in total. The lowest BCUT2D eigenvalue weighted by molar-refractivity contribution is 0.319. The Bertz CT molecular complexity index is 596. The van der Waals surface area contributed by atoms with Gasteiger partial charge in [-0.05, 0) is 56.1 Å². The monoisotopic (exact) mass is 293 g/mol. The molecule has 0 fully saturated rings. The zero-order valence-electron chi connectivity index (χ0n) is 14.2. The average molecular weight is 293 g/mol. The van der Waals surface area contributed by atoms with Crippen molar-refractivity contribution in [1.82, 2.24) is 4.90 Å². The lowest BCUT2D eigenvalue weighted by Crippen LogP contribution is -2.25. The van der Waals surface area contributed by atoms with Gasteiger partial charge in [-0.1, -0.05) is 67.6 Å². The highest BCUT2D eigenvalue weighted by Crippen LogP contribution is 2.32. The summed E-state index contributed by atoms with van der Waals surface area (Å²) in [5, 5.41) is 0. The fourth-order valence-electron chi connectivity index (χ4n) is 2.76. The quantitative estimate of drug-likeness (QED) is 0.649. The second kappa shape index (κ2) is 7.95. The Balaban J connectivity index is 2.52. The molecular formula is C21H27N. The van der Waals surface area contributed by atoms with E-state index in [-0.39, 0.29) is 0 Å². The third-order valence-electron chi connectivity index (χ3n) is 4.34. The first kappa shape index (κ1) is 16.5. The number of benzene rings is 2. The van der Waals surface area contributed by atoms with E-state index in [1.807, 2.05) is 0 Å². The third kappa shape index (κ3) is 4.08. The Morgan fingerprint density at radius 2 is 1.27 bits per heavy atom. The van der Waals surface area contributed by atoms with E-state index in [0.717, 1.165) is 12.8 Å². The first-order chi connectivity index (χ1) is 10.6. The molecule has 22 heavy (non-hydrogen) atoms. The molecule has 0 saturated carbocycles. The number of allylic oxidation sites excluding steroid dienone is 1. The van der Waals surface area contributed by atoms with Gasteiger partial charge in [-0.25, -0.2) is 0 Å². The van der Waals surface area contributed by atoms with Crippen molar-refractivity contribution in [3.8, 4) is 0 Å². The summed E-state index contributed by atoms with van der Waals surface area (Å²) in [6.07, 6.45) is 2.11. The van der Waals surface area contributed by atoms with Crippen molar-refractivity contribution in [1.29, 1.82) is 0 Å². The predicted octanol–water partition coefficient (Wildman–Crippen LogP) is 5.35. The molecule has 0 aromatic heterocycles. The van der Waals surface area contributed by atoms with Crippen LogP contribution in [0.5, 0.6) is 0 Å². The van der Waals surface area contributed by atoms with Crippen molar-refractivity contribution in [2.75, 3.05) is 14.1 Å². The van der Waals surface area contributed by atoms with Gasteiger partial charge in [0.1, 0.15) is 0 Å². The van der Waals surface area contributed by atoms with Gasteiger partial charge in [-0.15, -0.1) is 0 Å².